The molecule has 5 nitrogen and oxygen atoms in total. The maximum absolute atomic E-state index is 5.03. The number of methoxy groups -OCH3 is 2. The first-order chi connectivity index (χ1) is 9.86. The second-order valence-corrected chi connectivity index (χ2v) is 4.34. The minimum Gasteiger partial charge on any atom is -0.385 e. The molecular formula is C15H26IN3O2. The molecule has 0 aromatic heterocycles. The summed E-state index contributed by atoms with van der Waals surface area (Å²) >= 11 is 0. The molecule has 0 saturated heterocycles. The highest BCUT2D eigenvalue weighted by molar-refractivity contribution is 14.0. The number of hydrogen-bond acceptors (Lipinski definition) is 3. The second kappa shape index (κ2) is 14.1. The predicted molar refractivity (Wildman–Crippen MR) is 97.4 cm³/mol. The number of hydrogen-bond donors (Lipinski definition) is 2. The summed E-state index contributed by atoms with van der Waals surface area (Å²) in [6.45, 7) is 3.64. The molecule has 1 aromatic carbocycles. The third-order valence-electron chi connectivity index (χ3n) is 2.68. The summed E-state index contributed by atoms with van der Waals surface area (Å²) in [5, 5.41) is 6.53. The molecule has 0 bridgehead atoms. The first kappa shape index (κ1) is 20.1. The summed E-state index contributed by atoms with van der Waals surface area (Å²) < 4.78 is 10.1. The van der Waals surface area contributed by atoms with Crippen LogP contribution in [0.3, 0.4) is 0 Å². The number of ether oxygens (including phenoxy) is 2. The lowest BCUT2D eigenvalue weighted by atomic mass is 10.2. The van der Waals surface area contributed by atoms with E-state index in [-0.39, 0.29) is 24.0 Å². The van der Waals surface area contributed by atoms with E-state index in [1.807, 2.05) is 18.2 Å². The fourth-order valence-corrected chi connectivity index (χ4v) is 1.62. The minimum atomic E-state index is 0. The highest BCUT2D eigenvalue weighted by atomic mass is 127. The van der Waals surface area contributed by atoms with Crippen LogP contribution in [0.15, 0.2) is 35.3 Å². The average molecular weight is 407 g/mol. The minimum absolute atomic E-state index is 0. The van der Waals surface area contributed by atoms with Crippen LogP contribution in [0.4, 0.5) is 0 Å². The fourth-order valence-electron chi connectivity index (χ4n) is 1.62. The van der Waals surface area contributed by atoms with Crippen LogP contribution < -0.4 is 10.6 Å². The standard InChI is InChI=1S/C15H25N3O2.HI/c1-19-11-6-9-16-15(17-10-12-20-2)18-13-14-7-4-3-5-8-14;/h3-5,7-8H,6,9-13H2,1-2H3,(H2,16,17,18);1H. The van der Waals surface area contributed by atoms with Gasteiger partial charge in [0, 0.05) is 33.9 Å². The van der Waals surface area contributed by atoms with E-state index in [0.717, 1.165) is 32.1 Å². The molecule has 0 spiro atoms. The molecule has 0 atom stereocenters. The normalized spacial score (nSPS) is 10.9. The van der Waals surface area contributed by atoms with E-state index in [1.54, 1.807) is 14.2 Å². The topological polar surface area (TPSA) is 54.9 Å². The number of halogens is 1. The number of guanidine groups is 1. The van der Waals surface area contributed by atoms with Crippen LogP contribution in [0.25, 0.3) is 0 Å². The molecule has 0 aliphatic carbocycles. The van der Waals surface area contributed by atoms with Gasteiger partial charge in [0.1, 0.15) is 0 Å². The highest BCUT2D eigenvalue weighted by Crippen LogP contribution is 1.99. The van der Waals surface area contributed by atoms with E-state index in [4.69, 9.17) is 9.47 Å². The number of rotatable bonds is 9. The van der Waals surface area contributed by atoms with Crippen molar-refractivity contribution in [2.75, 3.05) is 40.5 Å². The van der Waals surface area contributed by atoms with Gasteiger partial charge in [-0.25, -0.2) is 4.99 Å². The molecule has 0 amide bonds. The van der Waals surface area contributed by atoms with Crippen molar-refractivity contribution in [2.45, 2.75) is 13.0 Å². The number of nitrogens with zero attached hydrogens (tertiary/aromatic N) is 1. The average Bonchev–Trinajstić information content (AvgIpc) is 2.49. The van der Waals surface area contributed by atoms with Crippen molar-refractivity contribution >= 4 is 29.9 Å². The zero-order chi connectivity index (χ0) is 14.5. The number of benzene rings is 1. The van der Waals surface area contributed by atoms with Gasteiger partial charge in [0.25, 0.3) is 0 Å². The van der Waals surface area contributed by atoms with Gasteiger partial charge >= 0.3 is 0 Å². The Morgan fingerprint density at radius 1 is 1.00 bits per heavy atom. The lowest BCUT2D eigenvalue weighted by Crippen LogP contribution is -2.39. The summed E-state index contributed by atoms with van der Waals surface area (Å²) in [5.41, 5.74) is 1.19. The van der Waals surface area contributed by atoms with Gasteiger partial charge in [-0.1, -0.05) is 30.3 Å². The van der Waals surface area contributed by atoms with Crippen molar-refractivity contribution in [1.29, 1.82) is 0 Å². The van der Waals surface area contributed by atoms with Crippen LogP contribution in [-0.2, 0) is 16.0 Å². The maximum atomic E-state index is 5.03. The van der Waals surface area contributed by atoms with Crippen LogP contribution in [0.5, 0.6) is 0 Å². The van der Waals surface area contributed by atoms with E-state index in [2.05, 4.69) is 27.8 Å². The summed E-state index contributed by atoms with van der Waals surface area (Å²) in [4.78, 5) is 4.56. The Hall–Kier alpha value is -0.860. The van der Waals surface area contributed by atoms with Crippen molar-refractivity contribution in [3.05, 3.63) is 35.9 Å². The molecule has 120 valence electrons. The Morgan fingerprint density at radius 2 is 1.67 bits per heavy atom. The Morgan fingerprint density at radius 3 is 2.33 bits per heavy atom. The predicted octanol–water partition coefficient (Wildman–Crippen LogP) is 2.02. The molecule has 0 unspecified atom stereocenters. The third-order valence-corrected chi connectivity index (χ3v) is 2.68. The quantitative estimate of drug-likeness (QED) is 0.285. The van der Waals surface area contributed by atoms with E-state index in [9.17, 15) is 0 Å². The SMILES string of the molecule is COCCCNC(=NCc1ccccc1)NCCOC.I. The van der Waals surface area contributed by atoms with Gasteiger partial charge in [0.15, 0.2) is 5.96 Å². The van der Waals surface area contributed by atoms with E-state index < -0.39 is 0 Å². The molecule has 2 N–H and O–H groups in total. The summed E-state index contributed by atoms with van der Waals surface area (Å²) in [7, 11) is 3.40. The fraction of sp³-hybridized carbons (Fsp3) is 0.533. The van der Waals surface area contributed by atoms with Crippen LogP contribution in [0.1, 0.15) is 12.0 Å². The maximum Gasteiger partial charge on any atom is 0.191 e. The van der Waals surface area contributed by atoms with E-state index >= 15 is 0 Å². The molecule has 0 aliphatic heterocycles. The first-order valence-corrected chi connectivity index (χ1v) is 6.91. The lowest BCUT2D eigenvalue weighted by molar-refractivity contribution is 0.195. The molecule has 0 saturated carbocycles. The van der Waals surface area contributed by atoms with Gasteiger partial charge in [0.05, 0.1) is 13.2 Å². The molecule has 21 heavy (non-hydrogen) atoms. The summed E-state index contributed by atoms with van der Waals surface area (Å²) in [6.07, 6.45) is 0.951. The van der Waals surface area contributed by atoms with Gasteiger partial charge in [-0.3, -0.25) is 0 Å². The number of aliphatic imine (C=N–C) groups is 1. The molecule has 0 heterocycles. The van der Waals surface area contributed by atoms with Crippen molar-refractivity contribution < 1.29 is 9.47 Å². The molecule has 1 rings (SSSR count). The Kier molecular flexibility index (Phi) is 13.5. The highest BCUT2D eigenvalue weighted by Gasteiger charge is 1.98. The van der Waals surface area contributed by atoms with Crippen LogP contribution >= 0.6 is 24.0 Å². The molecule has 1 aromatic rings. The molecule has 0 fully saturated rings. The Labute approximate surface area is 144 Å². The smallest absolute Gasteiger partial charge is 0.191 e. The molecule has 0 aliphatic rings. The molecule has 0 radical (unpaired) electrons. The van der Waals surface area contributed by atoms with Crippen molar-refractivity contribution in [2.24, 2.45) is 4.99 Å². The van der Waals surface area contributed by atoms with E-state index in [1.165, 1.54) is 5.56 Å². The zero-order valence-electron chi connectivity index (χ0n) is 12.8. The summed E-state index contributed by atoms with van der Waals surface area (Å²) in [5.74, 6) is 0.807. The monoisotopic (exact) mass is 407 g/mol. The van der Waals surface area contributed by atoms with Crippen molar-refractivity contribution in [3.8, 4) is 0 Å². The van der Waals surface area contributed by atoms with Crippen LogP contribution in [0, 0.1) is 0 Å². The second-order valence-electron chi connectivity index (χ2n) is 4.34. The third kappa shape index (κ3) is 10.5. The van der Waals surface area contributed by atoms with Gasteiger partial charge in [0.2, 0.25) is 0 Å². The largest absolute Gasteiger partial charge is 0.385 e. The zero-order valence-corrected chi connectivity index (χ0v) is 15.1. The van der Waals surface area contributed by atoms with Gasteiger partial charge in [-0.05, 0) is 12.0 Å². The first-order valence-electron chi connectivity index (χ1n) is 6.91. The van der Waals surface area contributed by atoms with Crippen LogP contribution in [0.2, 0.25) is 0 Å². The molecule has 6 heteroatoms. The van der Waals surface area contributed by atoms with Crippen molar-refractivity contribution in [3.63, 3.8) is 0 Å². The number of nitrogens with one attached hydrogen (secondary N) is 2. The lowest BCUT2D eigenvalue weighted by Gasteiger charge is -2.12. The van der Waals surface area contributed by atoms with Gasteiger partial charge in [-0.15, -0.1) is 24.0 Å². The summed E-state index contributed by atoms with van der Waals surface area (Å²) in [6, 6.07) is 10.2. The Bertz CT molecular complexity index is 374. The van der Waals surface area contributed by atoms with Gasteiger partial charge in [-0.2, -0.15) is 0 Å². The van der Waals surface area contributed by atoms with Crippen molar-refractivity contribution in [1.82, 2.24) is 10.6 Å². The molecular weight excluding hydrogens is 381 g/mol. The Balaban J connectivity index is 0.00000400. The van der Waals surface area contributed by atoms with E-state index in [0.29, 0.717) is 13.2 Å². The van der Waals surface area contributed by atoms with Crippen LogP contribution in [-0.4, -0.2) is 46.5 Å². The van der Waals surface area contributed by atoms with Gasteiger partial charge < -0.3 is 20.1 Å².